The van der Waals surface area contributed by atoms with Crippen molar-refractivity contribution < 1.29 is 57.6 Å². The van der Waals surface area contributed by atoms with Crippen LogP contribution in [0.25, 0.3) is 0 Å². The van der Waals surface area contributed by atoms with Crippen molar-refractivity contribution >= 4 is 34.8 Å². The second-order valence-electron chi connectivity index (χ2n) is 14.5. The maximum Gasteiger partial charge on any atom is 0.220 e. The molecule has 57 heavy (non-hydrogen) atoms. The molecule has 9 N–H and O–H groups in total. The molecule has 1 aromatic carbocycles. The van der Waals surface area contributed by atoms with E-state index < -0.39 is 0 Å². The summed E-state index contributed by atoms with van der Waals surface area (Å²) in [4.78, 5) is 83.0. The number of Topliss-reactive ketones (excluding diaryl/α,β-unsaturated/α-hetero) is 5. The van der Waals surface area contributed by atoms with Crippen LogP contribution in [0.1, 0.15) is 106 Å². The summed E-state index contributed by atoms with van der Waals surface area (Å²) in [6, 6.07) is 6.78. The van der Waals surface area contributed by atoms with E-state index in [4.69, 9.17) is 21.3 Å². The summed E-state index contributed by atoms with van der Waals surface area (Å²) < 4.78 is 10.2. The van der Waals surface area contributed by atoms with Crippen LogP contribution >= 0.6 is 0 Å². The van der Waals surface area contributed by atoms with E-state index in [0.717, 1.165) is 6.42 Å². The molecule has 1 amide bonds. The number of hydrogen-bond acceptors (Lipinski definition) is 16. The number of ether oxygens (including phenoxy) is 2. The molecule has 332 valence electrons. The van der Waals surface area contributed by atoms with Gasteiger partial charge in [0, 0.05) is 41.6 Å². The smallest absolute Gasteiger partial charge is 0.220 e. The summed E-state index contributed by atoms with van der Waals surface area (Å²) >= 11 is 0. The number of hydrogen-bond donors (Lipinski definition) is 5. The number of rotatable bonds is 24. The van der Waals surface area contributed by atoms with Gasteiger partial charge in [-0.15, -0.1) is 0 Å². The van der Waals surface area contributed by atoms with Crippen molar-refractivity contribution in [2.75, 3.05) is 52.8 Å². The zero-order valence-corrected chi connectivity index (χ0v) is 36.6. The van der Waals surface area contributed by atoms with Gasteiger partial charge in [0.05, 0.1) is 33.0 Å². The number of nitrogens with two attached hydrogens (primary N) is 4. The molecule has 0 radical (unpaired) electrons. The van der Waals surface area contributed by atoms with E-state index in [1.54, 1.807) is 52.0 Å². The summed E-state index contributed by atoms with van der Waals surface area (Å²) in [6.07, 6.45) is 1.39. The lowest BCUT2D eigenvalue weighted by Crippen LogP contribution is -2.31. The lowest BCUT2D eigenvalue weighted by molar-refractivity contribution is -0.127. The van der Waals surface area contributed by atoms with Gasteiger partial charge in [0.1, 0.15) is 25.6 Å². The minimum absolute atomic E-state index is 0.000369. The third kappa shape index (κ3) is 40.5. The Morgan fingerprint density at radius 3 is 1.30 bits per heavy atom. The molecule has 0 saturated heterocycles. The van der Waals surface area contributed by atoms with Crippen LogP contribution in [0.3, 0.4) is 0 Å². The van der Waals surface area contributed by atoms with Gasteiger partial charge in [-0.25, -0.2) is 17.7 Å². The summed E-state index contributed by atoms with van der Waals surface area (Å²) in [5.41, 5.74) is 0.691. The van der Waals surface area contributed by atoms with Crippen molar-refractivity contribution in [3.8, 4) is 5.75 Å². The van der Waals surface area contributed by atoms with Crippen LogP contribution in [-0.4, -0.2) is 87.6 Å². The number of ketones is 5. The van der Waals surface area contributed by atoms with E-state index in [-0.39, 0.29) is 90.8 Å². The lowest BCUT2D eigenvalue weighted by Gasteiger charge is -2.07. The van der Waals surface area contributed by atoms with E-state index >= 15 is 0 Å². The molecule has 0 bridgehead atoms. The fourth-order valence-corrected chi connectivity index (χ4v) is 3.09. The van der Waals surface area contributed by atoms with E-state index in [2.05, 4.69) is 50.3 Å². The van der Waals surface area contributed by atoms with Gasteiger partial charge >= 0.3 is 0 Å². The predicted octanol–water partition coefficient (Wildman–Crippen LogP) is 3.88. The van der Waals surface area contributed by atoms with Crippen LogP contribution in [0.5, 0.6) is 5.75 Å². The Kier molecular flexibility index (Phi) is 41.5. The second-order valence-corrected chi connectivity index (χ2v) is 14.5. The zero-order chi connectivity index (χ0) is 44.9. The zero-order valence-electron chi connectivity index (χ0n) is 36.6. The van der Waals surface area contributed by atoms with Crippen molar-refractivity contribution in [2.24, 2.45) is 59.1 Å². The monoisotopic (exact) mass is 818 g/mol. The van der Waals surface area contributed by atoms with Crippen molar-refractivity contribution in [1.29, 1.82) is 0 Å². The third-order valence-corrected chi connectivity index (χ3v) is 7.20. The molecular formula is C40H75N5O12. The average Bonchev–Trinajstić information content (AvgIpc) is 3.16. The first kappa shape index (κ1) is 60.2. The second kappa shape index (κ2) is 39.3. The molecule has 0 aliphatic carbocycles. The van der Waals surface area contributed by atoms with Gasteiger partial charge in [0.2, 0.25) is 5.91 Å². The highest BCUT2D eigenvalue weighted by molar-refractivity contribution is 5.97. The van der Waals surface area contributed by atoms with Crippen molar-refractivity contribution in [2.45, 2.75) is 95.9 Å². The van der Waals surface area contributed by atoms with Gasteiger partial charge in [0.15, 0.2) is 28.9 Å². The standard InChI is InChI=1S/C11H21NO2.C10H13NO2.C9H19NO4.2C5H11NO2/c1-8(2)5-6-11(14)12-7-10(13)9(3)4;1-7(2)10(12)8-3-5-9(13-11)6-4-8;1-8(2)9(11)7-13-4-3-12-5-6-14-10;2*1-4(2)5(7)3-8-6/h8-9H,5-7H2,1-4H3,(H,12,14);3-7H,11H2,1-2H3;8H,3-7,10H2,1-2H3;2*4H,3,6H2,1-2H3. The van der Waals surface area contributed by atoms with Crippen molar-refractivity contribution in [3.63, 3.8) is 0 Å². The van der Waals surface area contributed by atoms with Crippen LogP contribution in [0.15, 0.2) is 24.3 Å². The first-order valence-electron chi connectivity index (χ1n) is 19.1. The molecule has 0 aromatic heterocycles. The van der Waals surface area contributed by atoms with E-state index in [1.807, 2.05) is 41.5 Å². The first-order chi connectivity index (χ1) is 26.6. The van der Waals surface area contributed by atoms with E-state index in [0.29, 0.717) is 50.1 Å². The minimum atomic E-state index is -0.0206. The van der Waals surface area contributed by atoms with Gasteiger partial charge in [-0.2, -0.15) is 5.90 Å². The molecule has 0 atom stereocenters. The molecule has 17 heteroatoms. The molecule has 0 spiro atoms. The van der Waals surface area contributed by atoms with Gasteiger partial charge in [-0.3, -0.25) is 38.4 Å². The molecule has 0 saturated carbocycles. The highest BCUT2D eigenvalue weighted by atomic mass is 16.6. The molecule has 0 aliphatic heterocycles. The van der Waals surface area contributed by atoms with Gasteiger partial charge in [-0.1, -0.05) is 83.1 Å². The number of amides is 1. The van der Waals surface area contributed by atoms with Gasteiger partial charge in [0.25, 0.3) is 0 Å². The quantitative estimate of drug-likeness (QED) is 0.0562. The Balaban J connectivity index is -0.000000314. The Morgan fingerprint density at radius 1 is 0.526 bits per heavy atom. The maximum absolute atomic E-state index is 11.5. The summed E-state index contributed by atoms with van der Waals surface area (Å²) in [5, 5.41) is 2.63. The molecule has 0 unspecified atom stereocenters. The highest BCUT2D eigenvalue weighted by Gasteiger charge is 2.11. The van der Waals surface area contributed by atoms with Crippen LogP contribution in [0, 0.1) is 35.5 Å². The molecule has 0 fully saturated rings. The van der Waals surface area contributed by atoms with Crippen LogP contribution < -0.4 is 33.7 Å². The number of nitrogens with one attached hydrogen (secondary N) is 1. The number of carbonyl (C=O) groups excluding carboxylic acids is 6. The SMILES string of the molecule is CC(C)C(=O)COCCOCCON.CC(C)C(=O)CON.CC(C)C(=O)CON.CC(C)C(=O)c1ccc(ON)cc1.CC(C)CCC(=O)NCC(=O)C(C)C. The summed E-state index contributed by atoms with van der Waals surface area (Å²) in [6.45, 7) is 24.6. The molecule has 1 rings (SSSR count). The number of benzene rings is 1. The summed E-state index contributed by atoms with van der Waals surface area (Å²) in [5.74, 6) is 20.6. The Labute approximate surface area is 340 Å². The molecule has 1 aromatic rings. The van der Waals surface area contributed by atoms with E-state index in [1.165, 1.54) is 0 Å². The van der Waals surface area contributed by atoms with Crippen LogP contribution in [-0.2, 0) is 48.0 Å². The highest BCUT2D eigenvalue weighted by Crippen LogP contribution is 2.13. The van der Waals surface area contributed by atoms with Gasteiger partial charge < -0.3 is 24.5 Å². The first-order valence-corrected chi connectivity index (χ1v) is 19.1. The van der Waals surface area contributed by atoms with Crippen LogP contribution in [0.4, 0.5) is 0 Å². The van der Waals surface area contributed by atoms with Crippen LogP contribution in [0.2, 0.25) is 0 Å². The fourth-order valence-electron chi connectivity index (χ4n) is 3.09. The average molecular weight is 818 g/mol. The fraction of sp³-hybridized carbons (Fsp3) is 0.700. The van der Waals surface area contributed by atoms with Gasteiger partial charge in [-0.05, 0) is 36.6 Å². The molecular weight excluding hydrogens is 742 g/mol. The Morgan fingerprint density at radius 2 is 0.947 bits per heavy atom. The lowest BCUT2D eigenvalue weighted by atomic mass is 10.0. The Bertz CT molecular complexity index is 1190. The topological polar surface area (TPSA) is 274 Å². The normalized spacial score (nSPS) is 10.4. The summed E-state index contributed by atoms with van der Waals surface area (Å²) in [7, 11) is 0. The largest absolute Gasteiger partial charge is 0.412 e. The molecule has 0 aliphatic rings. The molecule has 17 nitrogen and oxygen atoms in total. The maximum atomic E-state index is 11.5. The van der Waals surface area contributed by atoms with E-state index in [9.17, 15) is 28.8 Å². The third-order valence-electron chi connectivity index (χ3n) is 7.20. The number of carbonyl (C=O) groups is 6. The van der Waals surface area contributed by atoms with Crippen molar-refractivity contribution in [3.05, 3.63) is 29.8 Å². The Hall–Kier alpha value is -3.52. The minimum Gasteiger partial charge on any atom is -0.412 e. The van der Waals surface area contributed by atoms with Crippen molar-refractivity contribution in [1.82, 2.24) is 5.32 Å². The molecule has 0 heterocycles. The predicted molar refractivity (Wildman–Crippen MR) is 219 cm³/mol.